The van der Waals surface area contributed by atoms with Gasteiger partial charge in [-0.25, -0.2) is 5.01 Å². The summed E-state index contributed by atoms with van der Waals surface area (Å²) in [5.41, 5.74) is 3.17. The Bertz CT molecular complexity index is 1250. The Balaban J connectivity index is 1.59. The topological polar surface area (TPSA) is 77.2 Å². The SMILES string of the molecule is COc1ccc(C2=NN3[C@H](C2)c2cc(Cl)ccc2O[C@@H]3c2ccc(Cl)c([N+](=O)[O-])c2)cc1. The van der Waals surface area contributed by atoms with Crippen LogP contribution in [0.1, 0.15) is 35.4 Å². The first-order chi connectivity index (χ1) is 15.4. The maximum Gasteiger partial charge on any atom is 0.288 e. The lowest BCUT2D eigenvalue weighted by molar-refractivity contribution is -0.384. The van der Waals surface area contributed by atoms with Crippen LogP contribution in [0.15, 0.2) is 65.8 Å². The number of methoxy groups -OCH3 is 1. The van der Waals surface area contributed by atoms with E-state index in [-0.39, 0.29) is 16.8 Å². The Hall–Kier alpha value is -3.29. The van der Waals surface area contributed by atoms with Crippen molar-refractivity contribution < 1.29 is 14.4 Å². The first-order valence-electron chi connectivity index (χ1n) is 9.85. The molecule has 0 aliphatic carbocycles. The van der Waals surface area contributed by atoms with Crippen molar-refractivity contribution in [1.82, 2.24) is 5.01 Å². The molecular formula is C23H17Cl2N3O4. The standard InChI is InChI=1S/C23H17Cl2N3O4/c1-31-16-6-2-13(3-7-16)19-12-20-17-11-15(24)5-9-22(17)32-23(27(20)26-19)14-4-8-18(25)21(10-14)28(29)30/h2-11,20,23H,12H2,1H3/t20-,23-/m1/s1. The first-order valence-corrected chi connectivity index (χ1v) is 10.6. The number of halogens is 2. The second-order valence-corrected chi connectivity index (χ2v) is 8.34. The van der Waals surface area contributed by atoms with Gasteiger partial charge >= 0.3 is 0 Å². The lowest BCUT2D eigenvalue weighted by atomic mass is 9.96. The summed E-state index contributed by atoms with van der Waals surface area (Å²) in [6.45, 7) is 0. The van der Waals surface area contributed by atoms with Crippen LogP contribution in [-0.4, -0.2) is 22.8 Å². The van der Waals surface area contributed by atoms with Gasteiger partial charge in [-0.2, -0.15) is 5.10 Å². The van der Waals surface area contributed by atoms with E-state index in [0.29, 0.717) is 22.8 Å². The molecule has 0 amide bonds. The molecule has 0 N–H and O–H groups in total. The highest BCUT2D eigenvalue weighted by Gasteiger charge is 2.41. The first kappa shape index (κ1) is 20.6. The predicted octanol–water partition coefficient (Wildman–Crippen LogP) is 6.15. The van der Waals surface area contributed by atoms with E-state index in [4.69, 9.17) is 37.8 Å². The number of hydrogen-bond donors (Lipinski definition) is 0. The number of nitro benzene ring substituents is 1. The van der Waals surface area contributed by atoms with E-state index < -0.39 is 11.2 Å². The average molecular weight is 470 g/mol. The van der Waals surface area contributed by atoms with Crippen molar-refractivity contribution in [3.05, 3.63) is 97.5 Å². The van der Waals surface area contributed by atoms with E-state index >= 15 is 0 Å². The zero-order chi connectivity index (χ0) is 22.4. The van der Waals surface area contributed by atoms with Crippen molar-refractivity contribution in [1.29, 1.82) is 0 Å². The molecule has 7 nitrogen and oxygen atoms in total. The zero-order valence-corrected chi connectivity index (χ0v) is 18.4. The fourth-order valence-electron chi connectivity index (χ4n) is 4.06. The smallest absolute Gasteiger partial charge is 0.288 e. The highest BCUT2D eigenvalue weighted by molar-refractivity contribution is 6.32. The van der Waals surface area contributed by atoms with Gasteiger partial charge in [-0.3, -0.25) is 10.1 Å². The van der Waals surface area contributed by atoms with Crippen LogP contribution in [0.5, 0.6) is 11.5 Å². The maximum atomic E-state index is 11.4. The Labute approximate surface area is 193 Å². The molecule has 0 unspecified atom stereocenters. The molecule has 0 bridgehead atoms. The molecule has 5 rings (SSSR count). The number of rotatable bonds is 4. The van der Waals surface area contributed by atoms with Crippen molar-refractivity contribution in [2.24, 2.45) is 5.10 Å². The molecule has 2 aliphatic heterocycles. The molecule has 0 aromatic heterocycles. The van der Waals surface area contributed by atoms with Crippen LogP contribution in [0.25, 0.3) is 0 Å². The Morgan fingerprint density at radius 1 is 1.12 bits per heavy atom. The van der Waals surface area contributed by atoms with Gasteiger partial charge in [0.15, 0.2) is 0 Å². The van der Waals surface area contributed by atoms with Crippen molar-refractivity contribution in [3.63, 3.8) is 0 Å². The highest BCUT2D eigenvalue weighted by Crippen LogP contribution is 2.48. The van der Waals surface area contributed by atoms with Gasteiger partial charge in [-0.1, -0.05) is 29.3 Å². The third-order valence-corrected chi connectivity index (χ3v) is 6.18. The van der Waals surface area contributed by atoms with Gasteiger partial charge in [0.2, 0.25) is 6.23 Å². The summed E-state index contributed by atoms with van der Waals surface area (Å²) < 4.78 is 11.5. The van der Waals surface area contributed by atoms with Gasteiger partial charge in [0.1, 0.15) is 16.5 Å². The van der Waals surface area contributed by atoms with Crippen LogP contribution >= 0.6 is 23.2 Å². The Morgan fingerprint density at radius 3 is 2.62 bits per heavy atom. The Morgan fingerprint density at radius 2 is 1.91 bits per heavy atom. The van der Waals surface area contributed by atoms with Crippen molar-refractivity contribution in [2.75, 3.05) is 7.11 Å². The molecule has 162 valence electrons. The summed E-state index contributed by atoms with van der Waals surface area (Å²) in [4.78, 5) is 10.9. The van der Waals surface area contributed by atoms with Gasteiger partial charge in [0.05, 0.1) is 23.8 Å². The molecule has 2 heterocycles. The zero-order valence-electron chi connectivity index (χ0n) is 16.9. The summed E-state index contributed by atoms with van der Waals surface area (Å²) in [5.74, 6) is 1.43. The van der Waals surface area contributed by atoms with Crippen LogP contribution in [0, 0.1) is 10.1 Å². The minimum atomic E-state index is -0.652. The van der Waals surface area contributed by atoms with Crippen molar-refractivity contribution >= 4 is 34.6 Å². The minimum Gasteiger partial charge on any atom is -0.497 e. The molecule has 9 heteroatoms. The van der Waals surface area contributed by atoms with Gasteiger partial charge < -0.3 is 9.47 Å². The highest BCUT2D eigenvalue weighted by atomic mass is 35.5. The molecule has 0 saturated carbocycles. The fraction of sp³-hybridized carbons (Fsp3) is 0.174. The number of nitrogens with zero attached hydrogens (tertiary/aromatic N) is 3. The predicted molar refractivity (Wildman–Crippen MR) is 122 cm³/mol. The fourth-order valence-corrected chi connectivity index (χ4v) is 4.43. The summed E-state index contributed by atoms with van der Waals surface area (Å²) in [7, 11) is 1.62. The van der Waals surface area contributed by atoms with Crippen LogP contribution in [-0.2, 0) is 0 Å². The molecule has 0 fully saturated rings. The van der Waals surface area contributed by atoms with E-state index in [9.17, 15) is 10.1 Å². The molecule has 3 aromatic rings. The maximum absolute atomic E-state index is 11.4. The number of hydrazone groups is 1. The molecular weight excluding hydrogens is 453 g/mol. The van der Waals surface area contributed by atoms with Gasteiger partial charge in [0, 0.05) is 28.6 Å². The molecule has 0 spiro atoms. The molecule has 32 heavy (non-hydrogen) atoms. The van der Waals surface area contributed by atoms with E-state index in [1.54, 1.807) is 19.2 Å². The number of fused-ring (bicyclic) bond motifs is 3. The molecule has 3 aromatic carbocycles. The normalized spacial score (nSPS) is 19.0. The van der Waals surface area contributed by atoms with E-state index in [0.717, 1.165) is 22.6 Å². The average Bonchev–Trinajstić information content (AvgIpc) is 3.25. The van der Waals surface area contributed by atoms with E-state index in [1.165, 1.54) is 12.1 Å². The molecule has 2 aliphatic rings. The molecule has 2 atom stereocenters. The molecule has 0 saturated heterocycles. The van der Waals surface area contributed by atoms with Gasteiger partial charge in [-0.15, -0.1) is 0 Å². The van der Waals surface area contributed by atoms with Gasteiger partial charge in [0.25, 0.3) is 5.69 Å². The minimum absolute atomic E-state index is 0.0714. The number of benzene rings is 3. The van der Waals surface area contributed by atoms with E-state index in [2.05, 4.69) is 0 Å². The van der Waals surface area contributed by atoms with Crippen molar-refractivity contribution in [2.45, 2.75) is 18.7 Å². The lowest BCUT2D eigenvalue weighted by Crippen LogP contribution is -2.33. The van der Waals surface area contributed by atoms with Crippen LogP contribution < -0.4 is 9.47 Å². The number of nitro groups is 1. The number of hydrogen-bond acceptors (Lipinski definition) is 6. The Kier molecular flexibility index (Phi) is 5.15. The lowest BCUT2D eigenvalue weighted by Gasteiger charge is -2.38. The van der Waals surface area contributed by atoms with Crippen LogP contribution in [0.3, 0.4) is 0 Å². The van der Waals surface area contributed by atoms with Gasteiger partial charge in [-0.05, 0) is 54.1 Å². The summed E-state index contributed by atoms with van der Waals surface area (Å²) in [6.07, 6.45) is -0.0183. The van der Waals surface area contributed by atoms with Crippen LogP contribution in [0.4, 0.5) is 5.69 Å². The molecule has 0 radical (unpaired) electrons. The third-order valence-electron chi connectivity index (χ3n) is 5.63. The largest absolute Gasteiger partial charge is 0.497 e. The summed E-state index contributed by atoms with van der Waals surface area (Å²) in [6, 6.07) is 17.7. The monoisotopic (exact) mass is 469 g/mol. The van der Waals surface area contributed by atoms with Crippen LogP contribution in [0.2, 0.25) is 10.0 Å². The number of ether oxygens (including phenoxy) is 2. The van der Waals surface area contributed by atoms with Crippen molar-refractivity contribution in [3.8, 4) is 11.5 Å². The summed E-state index contributed by atoms with van der Waals surface area (Å²) >= 11 is 12.3. The van der Waals surface area contributed by atoms with E-state index in [1.807, 2.05) is 41.4 Å². The second kappa shape index (κ2) is 8.00. The second-order valence-electron chi connectivity index (χ2n) is 7.50. The quantitative estimate of drug-likeness (QED) is 0.338. The third kappa shape index (κ3) is 3.53. The summed E-state index contributed by atoms with van der Waals surface area (Å²) in [5, 5.41) is 18.8.